The zero-order valence-electron chi connectivity index (χ0n) is 15.9. The molecule has 0 saturated carbocycles. The van der Waals surface area contributed by atoms with Crippen LogP contribution in [0, 0.1) is 4.77 Å². The Kier molecular flexibility index (Phi) is 5.79. The van der Waals surface area contributed by atoms with Crippen molar-refractivity contribution in [3.05, 3.63) is 99.8 Å². The monoisotopic (exact) mass is 421 g/mol. The van der Waals surface area contributed by atoms with Crippen LogP contribution in [0.5, 0.6) is 5.75 Å². The zero-order valence-corrected chi connectivity index (χ0v) is 17.5. The van der Waals surface area contributed by atoms with Gasteiger partial charge >= 0.3 is 0 Å². The summed E-state index contributed by atoms with van der Waals surface area (Å²) in [7, 11) is 0. The van der Waals surface area contributed by atoms with E-state index >= 15 is 0 Å². The van der Waals surface area contributed by atoms with Crippen LogP contribution in [-0.2, 0) is 6.61 Å². The minimum absolute atomic E-state index is 0.0701. The van der Waals surface area contributed by atoms with Crippen molar-refractivity contribution in [2.24, 2.45) is 0 Å². The van der Waals surface area contributed by atoms with Crippen LogP contribution < -0.4 is 4.74 Å². The lowest BCUT2D eigenvalue weighted by atomic mass is 10.1. The number of hydrogen-bond donors (Lipinski definition) is 1. The molecule has 0 aliphatic rings. The summed E-state index contributed by atoms with van der Waals surface area (Å²) in [6.45, 7) is 2.56. The summed E-state index contributed by atoms with van der Waals surface area (Å²) in [5.41, 5.74) is 3.21. The first-order chi connectivity index (χ1) is 14.1. The molecule has 0 fully saturated rings. The van der Waals surface area contributed by atoms with E-state index in [1.165, 1.54) is 5.56 Å². The third-order valence-corrected chi connectivity index (χ3v) is 5.42. The fraction of sp³-hybridized carbons (Fsp3) is 0.130. The first-order valence-electron chi connectivity index (χ1n) is 9.32. The van der Waals surface area contributed by atoms with E-state index in [1.807, 2.05) is 71.3 Å². The third-order valence-electron chi connectivity index (χ3n) is 4.82. The SMILES string of the molecule is CC(c1ccccc1)n1c(-c2ccc(COc3ccccc3Cl)cc2)n[nH]c1=S. The number of aromatic amines is 1. The van der Waals surface area contributed by atoms with E-state index in [0.717, 1.165) is 17.0 Å². The number of hydrogen-bond acceptors (Lipinski definition) is 3. The predicted octanol–water partition coefficient (Wildman–Crippen LogP) is 6.45. The lowest BCUT2D eigenvalue weighted by Crippen LogP contribution is -2.08. The maximum Gasteiger partial charge on any atom is 0.196 e. The Morgan fingerprint density at radius 1 is 1.00 bits per heavy atom. The van der Waals surface area contributed by atoms with Gasteiger partial charge in [0.15, 0.2) is 10.6 Å². The number of nitrogens with one attached hydrogen (secondary N) is 1. The zero-order chi connectivity index (χ0) is 20.2. The third kappa shape index (κ3) is 4.26. The Labute approximate surface area is 179 Å². The summed E-state index contributed by atoms with van der Waals surface area (Å²) in [5.74, 6) is 1.49. The second-order valence-electron chi connectivity index (χ2n) is 6.73. The molecule has 4 rings (SSSR count). The number of halogens is 1. The largest absolute Gasteiger partial charge is 0.487 e. The van der Waals surface area contributed by atoms with Crippen LogP contribution in [0.15, 0.2) is 78.9 Å². The molecule has 0 aliphatic carbocycles. The van der Waals surface area contributed by atoms with Crippen LogP contribution in [0.2, 0.25) is 5.02 Å². The van der Waals surface area contributed by atoms with Gasteiger partial charge < -0.3 is 4.74 Å². The first kappa shape index (κ1) is 19.4. The molecule has 0 aliphatic heterocycles. The minimum Gasteiger partial charge on any atom is -0.487 e. The molecule has 0 radical (unpaired) electrons. The average molecular weight is 422 g/mol. The van der Waals surface area contributed by atoms with Gasteiger partial charge in [0.1, 0.15) is 12.4 Å². The van der Waals surface area contributed by atoms with E-state index in [-0.39, 0.29) is 6.04 Å². The van der Waals surface area contributed by atoms with Crippen molar-refractivity contribution in [1.29, 1.82) is 0 Å². The van der Waals surface area contributed by atoms with E-state index in [2.05, 4.69) is 29.3 Å². The molecule has 0 amide bonds. The molecule has 6 heteroatoms. The van der Waals surface area contributed by atoms with Gasteiger partial charge in [-0.1, -0.05) is 78.3 Å². The second kappa shape index (κ2) is 8.64. The highest BCUT2D eigenvalue weighted by molar-refractivity contribution is 7.71. The molecule has 0 bridgehead atoms. The van der Waals surface area contributed by atoms with Gasteiger partial charge in [0.25, 0.3) is 0 Å². The Bertz CT molecular complexity index is 1150. The Hall–Kier alpha value is -2.89. The molecule has 1 heterocycles. The maximum atomic E-state index is 6.15. The highest BCUT2D eigenvalue weighted by Crippen LogP contribution is 2.27. The number of ether oxygens (including phenoxy) is 1. The van der Waals surface area contributed by atoms with Crippen molar-refractivity contribution >= 4 is 23.8 Å². The fourth-order valence-electron chi connectivity index (χ4n) is 3.22. The molecular formula is C23H20ClN3OS. The summed E-state index contributed by atoms with van der Waals surface area (Å²) >= 11 is 11.6. The molecule has 4 aromatic rings. The Morgan fingerprint density at radius 3 is 2.41 bits per heavy atom. The van der Waals surface area contributed by atoms with Crippen LogP contribution in [-0.4, -0.2) is 14.8 Å². The van der Waals surface area contributed by atoms with Crippen LogP contribution in [0.3, 0.4) is 0 Å². The van der Waals surface area contributed by atoms with Gasteiger partial charge in [0, 0.05) is 5.56 Å². The van der Waals surface area contributed by atoms with Crippen LogP contribution in [0.1, 0.15) is 24.1 Å². The smallest absolute Gasteiger partial charge is 0.196 e. The van der Waals surface area contributed by atoms with Crippen LogP contribution >= 0.6 is 23.8 Å². The topological polar surface area (TPSA) is 42.8 Å². The van der Waals surface area contributed by atoms with Gasteiger partial charge in [0.2, 0.25) is 0 Å². The number of aromatic nitrogens is 3. The highest BCUT2D eigenvalue weighted by Gasteiger charge is 2.16. The van der Waals surface area contributed by atoms with Gasteiger partial charge in [-0.25, -0.2) is 0 Å². The quantitative estimate of drug-likeness (QED) is 0.364. The molecule has 1 atom stereocenters. The Morgan fingerprint density at radius 2 is 1.69 bits per heavy atom. The molecule has 1 N–H and O–H groups in total. The summed E-state index contributed by atoms with van der Waals surface area (Å²) in [6.07, 6.45) is 0. The summed E-state index contributed by atoms with van der Waals surface area (Å²) < 4.78 is 8.46. The normalized spacial score (nSPS) is 11.9. The van der Waals surface area contributed by atoms with E-state index in [1.54, 1.807) is 0 Å². The molecule has 3 aromatic carbocycles. The molecule has 0 saturated heterocycles. The van der Waals surface area contributed by atoms with Gasteiger partial charge in [-0.2, -0.15) is 5.10 Å². The van der Waals surface area contributed by atoms with Gasteiger partial charge in [-0.05, 0) is 42.4 Å². The van der Waals surface area contributed by atoms with Crippen molar-refractivity contribution in [1.82, 2.24) is 14.8 Å². The van der Waals surface area contributed by atoms with Crippen molar-refractivity contribution in [2.75, 3.05) is 0 Å². The predicted molar refractivity (Wildman–Crippen MR) is 119 cm³/mol. The van der Waals surface area contributed by atoms with Crippen molar-refractivity contribution in [3.63, 3.8) is 0 Å². The first-order valence-corrected chi connectivity index (χ1v) is 10.1. The summed E-state index contributed by atoms with van der Waals surface area (Å²) in [4.78, 5) is 0. The molecule has 1 aromatic heterocycles. The average Bonchev–Trinajstić information content (AvgIpc) is 3.15. The summed E-state index contributed by atoms with van der Waals surface area (Å²) in [6, 6.07) is 25.9. The second-order valence-corrected chi connectivity index (χ2v) is 7.52. The Balaban J connectivity index is 1.56. The van der Waals surface area contributed by atoms with Crippen LogP contribution in [0.25, 0.3) is 11.4 Å². The molecule has 29 heavy (non-hydrogen) atoms. The van der Waals surface area contributed by atoms with E-state index in [9.17, 15) is 0 Å². The van der Waals surface area contributed by atoms with Crippen molar-refractivity contribution < 1.29 is 4.74 Å². The number of benzene rings is 3. The number of nitrogens with zero attached hydrogens (tertiary/aromatic N) is 2. The molecule has 1 unspecified atom stereocenters. The standard InChI is InChI=1S/C23H20ClN3OS/c1-16(18-7-3-2-4-8-18)27-22(25-26-23(27)29)19-13-11-17(12-14-19)15-28-21-10-6-5-9-20(21)24/h2-14,16H,15H2,1H3,(H,26,29). The number of H-pyrrole nitrogens is 1. The molecule has 4 nitrogen and oxygen atoms in total. The van der Waals surface area contributed by atoms with Crippen LogP contribution in [0.4, 0.5) is 0 Å². The molecule has 146 valence electrons. The van der Waals surface area contributed by atoms with E-state index < -0.39 is 0 Å². The van der Waals surface area contributed by atoms with E-state index in [0.29, 0.717) is 22.2 Å². The number of para-hydroxylation sites is 1. The van der Waals surface area contributed by atoms with Gasteiger partial charge in [0.05, 0.1) is 11.1 Å². The van der Waals surface area contributed by atoms with Crippen molar-refractivity contribution in [3.8, 4) is 17.1 Å². The van der Waals surface area contributed by atoms with Gasteiger partial charge in [-0.15, -0.1) is 0 Å². The maximum absolute atomic E-state index is 6.15. The lowest BCUT2D eigenvalue weighted by molar-refractivity contribution is 0.306. The van der Waals surface area contributed by atoms with Gasteiger partial charge in [-0.3, -0.25) is 9.67 Å². The minimum atomic E-state index is 0.0701. The summed E-state index contributed by atoms with van der Waals surface area (Å²) in [5, 5.41) is 8.00. The highest BCUT2D eigenvalue weighted by atomic mass is 35.5. The van der Waals surface area contributed by atoms with Crippen molar-refractivity contribution in [2.45, 2.75) is 19.6 Å². The van der Waals surface area contributed by atoms with E-state index in [4.69, 9.17) is 28.6 Å². The number of rotatable bonds is 6. The lowest BCUT2D eigenvalue weighted by Gasteiger charge is -2.16. The fourth-order valence-corrected chi connectivity index (χ4v) is 3.70. The molecule has 0 spiro atoms. The molecular weight excluding hydrogens is 402 g/mol.